The molecule has 12 heavy (non-hydrogen) atoms. The van der Waals surface area contributed by atoms with Gasteiger partial charge < -0.3 is 5.73 Å². The molecule has 0 saturated heterocycles. The van der Waals surface area contributed by atoms with Gasteiger partial charge in [0.25, 0.3) is 0 Å². The quantitative estimate of drug-likeness (QED) is 0.708. The topological polar surface area (TPSA) is 26.0 Å². The van der Waals surface area contributed by atoms with E-state index in [1.807, 2.05) is 13.0 Å². The molecule has 0 spiro atoms. The van der Waals surface area contributed by atoms with Crippen LogP contribution in [0.1, 0.15) is 23.5 Å². The molecular formula is C10H12ClN. The normalized spacial score (nSPS) is 27.2. The lowest BCUT2D eigenvalue weighted by molar-refractivity contribution is 0.990. The Morgan fingerprint density at radius 2 is 2.17 bits per heavy atom. The second-order valence-corrected chi connectivity index (χ2v) is 3.92. The third kappa shape index (κ3) is 1.35. The van der Waals surface area contributed by atoms with Crippen LogP contribution in [0.4, 0.5) is 0 Å². The molecular weight excluding hydrogens is 170 g/mol. The molecule has 0 aliphatic heterocycles. The minimum absolute atomic E-state index is 0.365. The smallest absolute Gasteiger partial charge is 0.0438 e. The lowest BCUT2D eigenvalue weighted by Crippen LogP contribution is -2.00. The summed E-state index contributed by atoms with van der Waals surface area (Å²) in [5, 5.41) is 0.853. The van der Waals surface area contributed by atoms with Crippen LogP contribution in [0.3, 0.4) is 0 Å². The molecule has 0 bridgehead atoms. The van der Waals surface area contributed by atoms with Crippen LogP contribution >= 0.6 is 11.6 Å². The van der Waals surface area contributed by atoms with Crippen LogP contribution in [0.15, 0.2) is 18.2 Å². The maximum atomic E-state index is 5.99. The summed E-state index contributed by atoms with van der Waals surface area (Å²) in [4.78, 5) is 0. The summed E-state index contributed by atoms with van der Waals surface area (Å²) < 4.78 is 0. The van der Waals surface area contributed by atoms with Crippen LogP contribution in [0.25, 0.3) is 0 Å². The van der Waals surface area contributed by atoms with E-state index in [4.69, 9.17) is 17.3 Å². The molecule has 1 saturated carbocycles. The summed E-state index contributed by atoms with van der Waals surface area (Å²) in [6.07, 6.45) is 1.11. The number of hydrogen-bond acceptors (Lipinski definition) is 1. The van der Waals surface area contributed by atoms with Gasteiger partial charge in [-0.3, -0.25) is 0 Å². The summed E-state index contributed by atoms with van der Waals surface area (Å²) >= 11 is 5.99. The fraction of sp³-hybridized carbons (Fsp3) is 0.400. The van der Waals surface area contributed by atoms with Crippen LogP contribution in [-0.2, 0) is 0 Å². The summed E-state index contributed by atoms with van der Waals surface area (Å²) in [5.74, 6) is 0.558. The number of nitrogens with two attached hydrogens (primary N) is 1. The molecule has 2 atom stereocenters. The van der Waals surface area contributed by atoms with Crippen molar-refractivity contribution in [2.24, 2.45) is 5.73 Å². The van der Waals surface area contributed by atoms with Gasteiger partial charge >= 0.3 is 0 Å². The first-order valence-electron chi connectivity index (χ1n) is 4.20. The number of hydrogen-bond donors (Lipinski definition) is 1. The highest BCUT2D eigenvalue weighted by Gasteiger charge is 2.34. The molecule has 1 aliphatic carbocycles. The molecule has 0 radical (unpaired) electrons. The fourth-order valence-electron chi connectivity index (χ4n) is 1.44. The number of benzene rings is 1. The second-order valence-electron chi connectivity index (χ2n) is 3.51. The Labute approximate surface area is 77.5 Å². The van der Waals surface area contributed by atoms with Crippen molar-refractivity contribution in [2.45, 2.75) is 25.3 Å². The summed E-state index contributed by atoms with van der Waals surface area (Å²) in [6.45, 7) is 2.01. The zero-order valence-electron chi connectivity index (χ0n) is 7.05. The van der Waals surface area contributed by atoms with Crippen molar-refractivity contribution in [1.82, 2.24) is 0 Å². The van der Waals surface area contributed by atoms with Crippen LogP contribution in [-0.4, -0.2) is 6.04 Å². The van der Waals surface area contributed by atoms with Crippen molar-refractivity contribution in [1.29, 1.82) is 0 Å². The molecule has 2 heteroatoms. The molecule has 0 aromatic heterocycles. The molecule has 1 aromatic rings. The lowest BCUT2D eigenvalue weighted by atomic mass is 10.1. The SMILES string of the molecule is Cc1ccc(C2C[C@H]2N)cc1Cl. The Balaban J connectivity index is 2.29. The van der Waals surface area contributed by atoms with Gasteiger partial charge in [-0.1, -0.05) is 23.7 Å². The van der Waals surface area contributed by atoms with Gasteiger partial charge in [-0.15, -0.1) is 0 Å². The average Bonchev–Trinajstić information content (AvgIpc) is 2.73. The standard InChI is InChI=1S/C10H12ClN/c1-6-2-3-7(4-9(6)11)8-5-10(8)12/h2-4,8,10H,5,12H2,1H3/t8?,10-/m1/s1. The number of halogens is 1. The van der Waals surface area contributed by atoms with Crippen molar-refractivity contribution in [3.63, 3.8) is 0 Å². The van der Waals surface area contributed by atoms with E-state index >= 15 is 0 Å². The predicted octanol–water partition coefficient (Wildman–Crippen LogP) is 2.46. The predicted molar refractivity (Wildman–Crippen MR) is 51.5 cm³/mol. The van der Waals surface area contributed by atoms with Crippen LogP contribution in [0, 0.1) is 6.92 Å². The van der Waals surface area contributed by atoms with E-state index in [1.165, 1.54) is 5.56 Å². The molecule has 64 valence electrons. The van der Waals surface area contributed by atoms with Gasteiger partial charge in [-0.2, -0.15) is 0 Å². The Morgan fingerprint density at radius 3 is 2.67 bits per heavy atom. The van der Waals surface area contributed by atoms with E-state index < -0.39 is 0 Å². The molecule has 1 aromatic carbocycles. The van der Waals surface area contributed by atoms with E-state index in [9.17, 15) is 0 Å². The molecule has 2 rings (SSSR count). The lowest BCUT2D eigenvalue weighted by Gasteiger charge is -2.01. The maximum absolute atomic E-state index is 5.99. The summed E-state index contributed by atoms with van der Waals surface area (Å²) in [7, 11) is 0. The minimum Gasteiger partial charge on any atom is -0.327 e. The zero-order valence-corrected chi connectivity index (χ0v) is 7.81. The van der Waals surface area contributed by atoms with E-state index in [-0.39, 0.29) is 0 Å². The Bertz CT molecular complexity index is 309. The van der Waals surface area contributed by atoms with E-state index in [0.717, 1.165) is 17.0 Å². The zero-order chi connectivity index (χ0) is 8.72. The van der Waals surface area contributed by atoms with Crippen molar-refractivity contribution < 1.29 is 0 Å². The van der Waals surface area contributed by atoms with Gasteiger partial charge in [0.15, 0.2) is 0 Å². The third-order valence-corrected chi connectivity index (χ3v) is 2.87. The Kier molecular flexibility index (Phi) is 1.85. The maximum Gasteiger partial charge on any atom is 0.0438 e. The Hall–Kier alpha value is -0.530. The molecule has 2 N–H and O–H groups in total. The van der Waals surface area contributed by atoms with Gasteiger partial charge in [0.1, 0.15) is 0 Å². The number of aryl methyl sites for hydroxylation is 1. The molecule has 1 unspecified atom stereocenters. The van der Waals surface area contributed by atoms with E-state index in [0.29, 0.717) is 12.0 Å². The first-order valence-corrected chi connectivity index (χ1v) is 4.58. The molecule has 1 nitrogen and oxygen atoms in total. The number of rotatable bonds is 1. The fourth-order valence-corrected chi connectivity index (χ4v) is 1.63. The van der Waals surface area contributed by atoms with Crippen molar-refractivity contribution in [3.05, 3.63) is 34.3 Å². The van der Waals surface area contributed by atoms with Crippen molar-refractivity contribution in [3.8, 4) is 0 Å². The highest BCUT2D eigenvalue weighted by molar-refractivity contribution is 6.31. The first kappa shape index (κ1) is 8.09. The van der Waals surface area contributed by atoms with Crippen LogP contribution < -0.4 is 5.73 Å². The Morgan fingerprint density at radius 1 is 1.50 bits per heavy atom. The molecule has 1 aliphatic rings. The van der Waals surface area contributed by atoms with Gasteiger partial charge in [-0.05, 0) is 30.5 Å². The minimum atomic E-state index is 0.365. The van der Waals surface area contributed by atoms with E-state index in [1.54, 1.807) is 0 Å². The molecule has 0 amide bonds. The van der Waals surface area contributed by atoms with Gasteiger partial charge in [0, 0.05) is 17.0 Å². The summed E-state index contributed by atoms with van der Waals surface area (Å²) in [6, 6.07) is 6.58. The highest BCUT2D eigenvalue weighted by Crippen LogP contribution is 2.39. The first-order chi connectivity index (χ1) is 5.68. The van der Waals surface area contributed by atoms with Gasteiger partial charge in [0.2, 0.25) is 0 Å². The van der Waals surface area contributed by atoms with Gasteiger partial charge in [-0.25, -0.2) is 0 Å². The van der Waals surface area contributed by atoms with Gasteiger partial charge in [0.05, 0.1) is 0 Å². The molecule has 1 fully saturated rings. The molecule has 0 heterocycles. The highest BCUT2D eigenvalue weighted by atomic mass is 35.5. The third-order valence-electron chi connectivity index (χ3n) is 2.46. The second kappa shape index (κ2) is 2.75. The van der Waals surface area contributed by atoms with Crippen LogP contribution in [0.2, 0.25) is 5.02 Å². The average molecular weight is 182 g/mol. The van der Waals surface area contributed by atoms with Crippen molar-refractivity contribution >= 4 is 11.6 Å². The summed E-state index contributed by atoms with van der Waals surface area (Å²) in [5.41, 5.74) is 8.17. The largest absolute Gasteiger partial charge is 0.327 e. The van der Waals surface area contributed by atoms with Crippen molar-refractivity contribution in [2.75, 3.05) is 0 Å². The van der Waals surface area contributed by atoms with Crippen LogP contribution in [0.5, 0.6) is 0 Å². The monoisotopic (exact) mass is 181 g/mol. The van der Waals surface area contributed by atoms with E-state index in [2.05, 4.69) is 12.1 Å².